The fourth-order valence-corrected chi connectivity index (χ4v) is 2.64. The Labute approximate surface area is 153 Å². The Balaban J connectivity index is 0. The lowest BCUT2D eigenvalue weighted by atomic mass is 9.87. The molecule has 0 aromatic heterocycles. The van der Waals surface area contributed by atoms with Gasteiger partial charge in [0.05, 0.1) is 18.2 Å². The fraction of sp³-hybridized carbons (Fsp3) is 0.938. The van der Waals surface area contributed by atoms with Crippen molar-refractivity contribution in [1.82, 2.24) is 10.2 Å². The predicted molar refractivity (Wildman–Crippen MR) is 101 cm³/mol. The van der Waals surface area contributed by atoms with Crippen LogP contribution in [-0.2, 0) is 9.53 Å². The first-order valence-electron chi connectivity index (χ1n) is 8.11. The number of ether oxygens (including phenoxy) is 1. The second kappa shape index (κ2) is 11.5. The van der Waals surface area contributed by atoms with Gasteiger partial charge in [-0.05, 0) is 38.6 Å². The molecular weight excluding hydrogens is 337 g/mol. The summed E-state index contributed by atoms with van der Waals surface area (Å²) in [6.45, 7) is 14.0. The molecule has 1 saturated heterocycles. The van der Waals surface area contributed by atoms with Gasteiger partial charge in [-0.15, -0.1) is 24.8 Å². The van der Waals surface area contributed by atoms with Gasteiger partial charge in [0.1, 0.15) is 0 Å². The summed E-state index contributed by atoms with van der Waals surface area (Å²) in [4.78, 5) is 14.3. The van der Waals surface area contributed by atoms with E-state index in [0.717, 1.165) is 32.5 Å². The van der Waals surface area contributed by atoms with Gasteiger partial charge in [-0.2, -0.15) is 0 Å². The summed E-state index contributed by atoms with van der Waals surface area (Å²) in [6.07, 6.45) is 2.71. The van der Waals surface area contributed by atoms with E-state index in [1.165, 1.54) is 0 Å². The number of halogens is 2. The van der Waals surface area contributed by atoms with Crippen LogP contribution in [0.2, 0.25) is 0 Å². The minimum absolute atomic E-state index is 0. The Morgan fingerprint density at radius 2 is 1.74 bits per heavy atom. The molecule has 0 saturated carbocycles. The second-order valence-electron chi connectivity index (χ2n) is 7.36. The third-order valence-electron chi connectivity index (χ3n) is 3.91. The smallest absolute Gasteiger partial charge is 0.237 e. The van der Waals surface area contributed by atoms with Gasteiger partial charge in [0.25, 0.3) is 0 Å². The molecule has 7 heteroatoms. The van der Waals surface area contributed by atoms with Crippen LogP contribution >= 0.6 is 24.8 Å². The molecule has 1 heterocycles. The van der Waals surface area contributed by atoms with Gasteiger partial charge in [-0.3, -0.25) is 9.69 Å². The van der Waals surface area contributed by atoms with Gasteiger partial charge >= 0.3 is 0 Å². The van der Waals surface area contributed by atoms with Gasteiger partial charge in [0.2, 0.25) is 5.91 Å². The van der Waals surface area contributed by atoms with Crippen LogP contribution in [0.4, 0.5) is 0 Å². The van der Waals surface area contributed by atoms with Crippen LogP contribution in [0.1, 0.15) is 47.5 Å². The maximum absolute atomic E-state index is 11.9. The second-order valence-corrected chi connectivity index (χ2v) is 7.36. The molecule has 0 aromatic carbocycles. The lowest BCUT2D eigenvalue weighted by Gasteiger charge is -2.35. The SMILES string of the molecule is CC1CN(CCCCNC(=O)[C@@H](N)C(C)(C)C)CC(C)O1.Cl.Cl. The molecule has 23 heavy (non-hydrogen) atoms. The van der Waals surface area contributed by atoms with Gasteiger partial charge in [0, 0.05) is 19.6 Å². The summed E-state index contributed by atoms with van der Waals surface area (Å²) in [5.41, 5.74) is 5.73. The largest absolute Gasteiger partial charge is 0.373 e. The van der Waals surface area contributed by atoms with Gasteiger partial charge < -0.3 is 15.8 Å². The van der Waals surface area contributed by atoms with Crippen molar-refractivity contribution >= 4 is 30.7 Å². The zero-order valence-electron chi connectivity index (χ0n) is 15.1. The molecule has 0 bridgehead atoms. The number of nitrogens with two attached hydrogens (primary N) is 1. The van der Waals surface area contributed by atoms with Crippen molar-refractivity contribution in [3.8, 4) is 0 Å². The molecule has 0 aliphatic carbocycles. The molecule has 1 aliphatic heterocycles. The molecule has 0 radical (unpaired) electrons. The summed E-state index contributed by atoms with van der Waals surface area (Å²) in [6, 6.07) is -0.446. The minimum Gasteiger partial charge on any atom is -0.373 e. The maximum atomic E-state index is 11.9. The van der Waals surface area contributed by atoms with Crippen molar-refractivity contribution in [2.24, 2.45) is 11.1 Å². The van der Waals surface area contributed by atoms with Gasteiger partial charge in [-0.1, -0.05) is 20.8 Å². The summed E-state index contributed by atoms with van der Waals surface area (Å²) in [5.74, 6) is -0.0453. The summed E-state index contributed by atoms with van der Waals surface area (Å²) in [7, 11) is 0. The normalized spacial score (nSPS) is 23.4. The van der Waals surface area contributed by atoms with Gasteiger partial charge in [-0.25, -0.2) is 0 Å². The van der Waals surface area contributed by atoms with E-state index < -0.39 is 6.04 Å². The zero-order valence-corrected chi connectivity index (χ0v) is 16.8. The highest BCUT2D eigenvalue weighted by Gasteiger charge is 2.27. The highest BCUT2D eigenvalue weighted by Crippen LogP contribution is 2.17. The van der Waals surface area contributed by atoms with Crippen LogP contribution < -0.4 is 11.1 Å². The third-order valence-corrected chi connectivity index (χ3v) is 3.91. The Hall–Kier alpha value is -0.0700. The first-order valence-corrected chi connectivity index (χ1v) is 8.11. The lowest BCUT2D eigenvalue weighted by molar-refractivity contribution is -0.124. The van der Waals surface area contributed by atoms with Crippen LogP contribution in [-0.4, -0.2) is 55.2 Å². The summed E-state index contributed by atoms with van der Waals surface area (Å²) >= 11 is 0. The molecule has 0 aromatic rings. The van der Waals surface area contributed by atoms with Crippen molar-refractivity contribution in [3.05, 3.63) is 0 Å². The molecule has 3 atom stereocenters. The lowest BCUT2D eigenvalue weighted by Crippen LogP contribution is -2.49. The van der Waals surface area contributed by atoms with E-state index in [4.69, 9.17) is 10.5 Å². The van der Waals surface area contributed by atoms with E-state index in [2.05, 4.69) is 24.1 Å². The predicted octanol–water partition coefficient (Wildman–Crippen LogP) is 2.21. The van der Waals surface area contributed by atoms with Crippen LogP contribution in [0.3, 0.4) is 0 Å². The monoisotopic (exact) mass is 371 g/mol. The Bertz CT molecular complexity index is 328. The number of rotatable bonds is 6. The number of unbranched alkanes of at least 4 members (excludes halogenated alkanes) is 1. The van der Waals surface area contributed by atoms with E-state index >= 15 is 0 Å². The number of nitrogens with one attached hydrogen (secondary N) is 1. The van der Waals surface area contributed by atoms with Gasteiger partial charge in [0.15, 0.2) is 0 Å². The van der Waals surface area contributed by atoms with E-state index in [1.54, 1.807) is 0 Å². The average Bonchev–Trinajstić information content (AvgIpc) is 2.35. The fourth-order valence-electron chi connectivity index (χ4n) is 2.64. The first-order chi connectivity index (χ1) is 9.70. The molecule has 1 amide bonds. The van der Waals surface area contributed by atoms with Crippen molar-refractivity contribution in [2.75, 3.05) is 26.2 Å². The standard InChI is InChI=1S/C16H33N3O2.2ClH/c1-12-10-19(11-13(2)21-12)9-7-6-8-18-15(20)14(17)16(3,4)5;;/h12-14H,6-11,17H2,1-5H3,(H,18,20);2*1H/t12?,13?,14-;;/m1../s1. The molecule has 3 N–H and O–H groups in total. The van der Waals surface area contributed by atoms with E-state index in [0.29, 0.717) is 18.8 Å². The van der Waals surface area contributed by atoms with E-state index in [-0.39, 0.29) is 36.1 Å². The molecule has 0 spiro atoms. The highest BCUT2D eigenvalue weighted by atomic mass is 35.5. The molecule has 140 valence electrons. The number of carbonyl (C=O) groups excluding carboxylic acids is 1. The number of carbonyl (C=O) groups is 1. The molecular formula is C16H35Cl2N3O2. The van der Waals surface area contributed by atoms with Crippen molar-refractivity contribution < 1.29 is 9.53 Å². The van der Waals surface area contributed by atoms with E-state index in [9.17, 15) is 4.79 Å². The van der Waals surface area contributed by atoms with Crippen LogP contribution in [0.15, 0.2) is 0 Å². The number of hydrogen-bond donors (Lipinski definition) is 2. The van der Waals surface area contributed by atoms with Crippen LogP contribution in [0.25, 0.3) is 0 Å². The van der Waals surface area contributed by atoms with Crippen LogP contribution in [0.5, 0.6) is 0 Å². The van der Waals surface area contributed by atoms with Crippen molar-refractivity contribution in [1.29, 1.82) is 0 Å². The summed E-state index contributed by atoms with van der Waals surface area (Å²) in [5, 5.41) is 2.94. The first kappa shape index (κ1) is 25.2. The minimum atomic E-state index is -0.446. The molecule has 1 fully saturated rings. The number of hydrogen-bond acceptors (Lipinski definition) is 4. The van der Waals surface area contributed by atoms with Crippen molar-refractivity contribution in [2.45, 2.75) is 65.7 Å². The van der Waals surface area contributed by atoms with Crippen molar-refractivity contribution in [3.63, 3.8) is 0 Å². The zero-order chi connectivity index (χ0) is 16.0. The highest BCUT2D eigenvalue weighted by molar-refractivity contribution is 5.85. The maximum Gasteiger partial charge on any atom is 0.237 e. The quantitative estimate of drug-likeness (QED) is 0.702. The number of nitrogens with zero attached hydrogens (tertiary/aromatic N) is 1. The molecule has 1 aliphatic rings. The number of amides is 1. The average molecular weight is 372 g/mol. The third kappa shape index (κ3) is 9.72. The molecule has 1 rings (SSSR count). The topological polar surface area (TPSA) is 67.6 Å². The number of morpholine rings is 1. The van der Waals surface area contributed by atoms with Crippen LogP contribution in [0, 0.1) is 5.41 Å². The molecule has 2 unspecified atom stereocenters. The molecule has 5 nitrogen and oxygen atoms in total. The Kier molecular flexibility index (Phi) is 12.6. The Morgan fingerprint density at radius 1 is 1.22 bits per heavy atom. The summed E-state index contributed by atoms with van der Waals surface area (Å²) < 4.78 is 5.72. The van der Waals surface area contributed by atoms with E-state index in [1.807, 2.05) is 20.8 Å². The Morgan fingerprint density at radius 3 is 2.22 bits per heavy atom.